The number of phenols is 1. The van der Waals surface area contributed by atoms with E-state index in [0.29, 0.717) is 11.2 Å². The number of phenolic OH excluding ortho intramolecular Hbond substituents is 1. The zero-order valence-electron chi connectivity index (χ0n) is 15.4. The topological polar surface area (TPSA) is 20.2 Å². The van der Waals surface area contributed by atoms with Crippen molar-refractivity contribution in [3.63, 3.8) is 0 Å². The summed E-state index contributed by atoms with van der Waals surface area (Å²) in [6.07, 6.45) is 6.57. The molecule has 0 saturated heterocycles. The quantitative estimate of drug-likeness (QED) is 0.566. The summed E-state index contributed by atoms with van der Waals surface area (Å²) in [7, 11) is 0. The molecule has 0 radical (unpaired) electrons. The van der Waals surface area contributed by atoms with Gasteiger partial charge < -0.3 is 5.11 Å². The van der Waals surface area contributed by atoms with Crippen molar-refractivity contribution in [2.24, 2.45) is 5.41 Å². The molecule has 1 N–H and O–H groups in total. The van der Waals surface area contributed by atoms with Crippen molar-refractivity contribution >= 4 is 10.8 Å². The Morgan fingerprint density at radius 1 is 1.00 bits per heavy atom. The Morgan fingerprint density at radius 3 is 2.43 bits per heavy atom. The van der Waals surface area contributed by atoms with Gasteiger partial charge in [-0.05, 0) is 71.0 Å². The van der Waals surface area contributed by atoms with Crippen molar-refractivity contribution in [1.29, 1.82) is 0 Å². The van der Waals surface area contributed by atoms with Crippen LogP contribution in [0.15, 0.2) is 30.3 Å². The highest BCUT2D eigenvalue weighted by Gasteiger charge is 2.42. The predicted octanol–water partition coefficient (Wildman–Crippen LogP) is 6.82. The first-order valence-electron chi connectivity index (χ1n) is 9.42. The fourth-order valence-corrected chi connectivity index (χ4v) is 4.47. The Morgan fingerprint density at radius 2 is 1.70 bits per heavy atom. The van der Waals surface area contributed by atoms with Gasteiger partial charge in [-0.1, -0.05) is 59.2 Å². The van der Waals surface area contributed by atoms with Gasteiger partial charge in [-0.25, -0.2) is 0 Å². The molecule has 2 atom stereocenters. The van der Waals surface area contributed by atoms with Gasteiger partial charge >= 0.3 is 0 Å². The van der Waals surface area contributed by atoms with E-state index in [4.69, 9.17) is 0 Å². The molecule has 2 aliphatic rings. The van der Waals surface area contributed by atoms with Crippen molar-refractivity contribution < 1.29 is 5.11 Å². The van der Waals surface area contributed by atoms with Crippen molar-refractivity contribution in [2.45, 2.75) is 72.6 Å². The highest BCUT2D eigenvalue weighted by atomic mass is 16.3. The smallest absolute Gasteiger partial charge is 0.116 e. The van der Waals surface area contributed by atoms with Crippen LogP contribution in [-0.4, -0.2) is 5.11 Å². The first kappa shape index (κ1) is 17.8. The van der Waals surface area contributed by atoms with Gasteiger partial charge in [0.05, 0.1) is 0 Å². The van der Waals surface area contributed by atoms with Crippen LogP contribution in [0.2, 0.25) is 0 Å². The SMILES string of the molecule is CC.CC.C[C@@]12CCCC1c1ccc3ccc(O)cc3c1CC2. The zero-order chi connectivity index (χ0) is 17.0. The van der Waals surface area contributed by atoms with E-state index in [1.807, 2.05) is 39.8 Å². The van der Waals surface area contributed by atoms with Crippen molar-refractivity contribution in [1.82, 2.24) is 0 Å². The van der Waals surface area contributed by atoms with Crippen LogP contribution >= 0.6 is 0 Å². The van der Waals surface area contributed by atoms with Gasteiger partial charge in [0.25, 0.3) is 0 Å². The third kappa shape index (κ3) is 3.11. The van der Waals surface area contributed by atoms with Crippen molar-refractivity contribution in [3.05, 3.63) is 41.5 Å². The minimum Gasteiger partial charge on any atom is -0.508 e. The molecule has 1 heteroatoms. The Hall–Kier alpha value is -1.50. The van der Waals surface area contributed by atoms with Crippen LogP contribution in [0.3, 0.4) is 0 Å². The Kier molecular flexibility index (Phi) is 5.73. The summed E-state index contributed by atoms with van der Waals surface area (Å²) in [6.45, 7) is 10.5. The van der Waals surface area contributed by atoms with Gasteiger partial charge in [0.1, 0.15) is 5.75 Å². The molecule has 0 heterocycles. The molecule has 2 aromatic rings. The number of aryl methyl sites for hydroxylation is 1. The van der Waals surface area contributed by atoms with Gasteiger partial charge in [0, 0.05) is 0 Å². The third-order valence-electron chi connectivity index (χ3n) is 5.56. The number of fused-ring (bicyclic) bond motifs is 5. The maximum atomic E-state index is 9.77. The van der Waals surface area contributed by atoms with E-state index in [9.17, 15) is 5.11 Å². The molecular weight excluding hydrogens is 280 g/mol. The van der Waals surface area contributed by atoms with Crippen molar-refractivity contribution in [3.8, 4) is 5.75 Å². The molecule has 1 saturated carbocycles. The minimum absolute atomic E-state index is 0.389. The fraction of sp³-hybridized carbons (Fsp3) is 0.545. The van der Waals surface area contributed by atoms with Crippen LogP contribution in [0.1, 0.15) is 77.3 Å². The second-order valence-electron chi connectivity index (χ2n) is 6.64. The zero-order valence-corrected chi connectivity index (χ0v) is 15.4. The van der Waals surface area contributed by atoms with Gasteiger partial charge in [-0.15, -0.1) is 0 Å². The summed E-state index contributed by atoms with van der Waals surface area (Å²) in [6, 6.07) is 10.4. The molecule has 23 heavy (non-hydrogen) atoms. The highest BCUT2D eigenvalue weighted by molar-refractivity contribution is 5.88. The number of hydrogen-bond donors (Lipinski definition) is 1. The van der Waals surface area contributed by atoms with E-state index in [1.165, 1.54) is 48.4 Å². The first-order valence-corrected chi connectivity index (χ1v) is 9.42. The molecule has 2 aromatic carbocycles. The summed E-state index contributed by atoms with van der Waals surface area (Å²) < 4.78 is 0. The predicted molar refractivity (Wildman–Crippen MR) is 101 cm³/mol. The van der Waals surface area contributed by atoms with Gasteiger partial charge in [0.2, 0.25) is 0 Å². The van der Waals surface area contributed by atoms with Crippen LogP contribution in [0.5, 0.6) is 5.75 Å². The molecule has 126 valence electrons. The summed E-state index contributed by atoms with van der Waals surface area (Å²) in [5.41, 5.74) is 3.58. The first-order chi connectivity index (χ1) is 11.2. The van der Waals surface area contributed by atoms with Gasteiger partial charge in [0.15, 0.2) is 0 Å². The molecule has 1 fully saturated rings. The molecule has 2 aliphatic carbocycles. The molecule has 0 aliphatic heterocycles. The third-order valence-corrected chi connectivity index (χ3v) is 5.56. The lowest BCUT2D eigenvalue weighted by Crippen LogP contribution is -2.26. The fourth-order valence-electron chi connectivity index (χ4n) is 4.47. The van der Waals surface area contributed by atoms with E-state index in [1.54, 1.807) is 11.6 Å². The average molecular weight is 312 g/mol. The lowest BCUT2D eigenvalue weighted by molar-refractivity contribution is 0.253. The largest absolute Gasteiger partial charge is 0.508 e. The number of benzene rings is 2. The molecule has 4 rings (SSSR count). The van der Waals surface area contributed by atoms with Gasteiger partial charge in [-0.3, -0.25) is 0 Å². The lowest BCUT2D eigenvalue weighted by Gasteiger charge is -2.38. The van der Waals surface area contributed by atoms with E-state index in [0.717, 1.165) is 5.92 Å². The minimum atomic E-state index is 0.389. The monoisotopic (exact) mass is 312 g/mol. The number of rotatable bonds is 0. The summed E-state index contributed by atoms with van der Waals surface area (Å²) >= 11 is 0. The Balaban J connectivity index is 0.000000448. The molecule has 0 amide bonds. The van der Waals surface area contributed by atoms with Crippen LogP contribution < -0.4 is 0 Å². The maximum Gasteiger partial charge on any atom is 0.116 e. The van der Waals surface area contributed by atoms with Crippen LogP contribution in [0.25, 0.3) is 10.8 Å². The van der Waals surface area contributed by atoms with E-state index >= 15 is 0 Å². The maximum absolute atomic E-state index is 9.77. The molecule has 1 nitrogen and oxygen atoms in total. The van der Waals surface area contributed by atoms with E-state index in [-0.39, 0.29) is 0 Å². The van der Waals surface area contributed by atoms with Crippen molar-refractivity contribution in [2.75, 3.05) is 0 Å². The Labute approximate surface area is 141 Å². The molecular formula is C22H32O. The summed E-state index contributed by atoms with van der Waals surface area (Å²) in [5.74, 6) is 1.13. The van der Waals surface area contributed by atoms with Gasteiger partial charge in [-0.2, -0.15) is 0 Å². The average Bonchev–Trinajstić information content (AvgIpc) is 3.00. The number of aromatic hydroxyl groups is 1. The van der Waals surface area contributed by atoms with Crippen LogP contribution in [-0.2, 0) is 6.42 Å². The standard InChI is InChI=1S/C18H20O.2C2H6/c1-18-9-2-3-17(18)15-7-5-12-4-6-13(19)11-16(12)14(15)8-10-18;2*1-2/h4-7,11,17,19H,2-3,8-10H2,1H3;2*1-2H3/t17?,18-;;/m0../s1. The van der Waals surface area contributed by atoms with E-state index < -0.39 is 0 Å². The molecule has 0 spiro atoms. The second kappa shape index (κ2) is 7.38. The van der Waals surface area contributed by atoms with E-state index in [2.05, 4.69) is 19.1 Å². The highest BCUT2D eigenvalue weighted by Crippen LogP contribution is 2.56. The number of hydrogen-bond acceptors (Lipinski definition) is 1. The molecule has 1 unspecified atom stereocenters. The second-order valence-corrected chi connectivity index (χ2v) is 6.64. The molecule has 0 bridgehead atoms. The normalized spacial score (nSPS) is 24.7. The van der Waals surface area contributed by atoms with Crippen LogP contribution in [0, 0.1) is 5.41 Å². The Bertz CT molecular complexity index is 658. The van der Waals surface area contributed by atoms with Crippen LogP contribution in [0.4, 0.5) is 0 Å². The molecule has 0 aromatic heterocycles. The summed E-state index contributed by atoms with van der Waals surface area (Å²) in [5, 5.41) is 12.3. The summed E-state index contributed by atoms with van der Waals surface area (Å²) in [4.78, 5) is 0. The lowest BCUT2D eigenvalue weighted by atomic mass is 9.66.